The average molecular weight is 356 g/mol. The van der Waals surface area contributed by atoms with Gasteiger partial charge in [0.1, 0.15) is 0 Å². The van der Waals surface area contributed by atoms with Gasteiger partial charge >= 0.3 is 0 Å². The number of guanidine groups is 1. The van der Waals surface area contributed by atoms with E-state index >= 15 is 0 Å². The van der Waals surface area contributed by atoms with Gasteiger partial charge in [-0.05, 0) is 32.9 Å². The summed E-state index contributed by atoms with van der Waals surface area (Å²) in [5.41, 5.74) is 3.93. The largest absolute Gasteiger partial charge is 0.357 e. The van der Waals surface area contributed by atoms with Gasteiger partial charge < -0.3 is 16.0 Å². The molecular weight excluding hydrogens is 328 g/mol. The molecule has 0 radical (unpaired) electrons. The van der Waals surface area contributed by atoms with Crippen molar-refractivity contribution in [1.29, 1.82) is 0 Å². The van der Waals surface area contributed by atoms with Crippen LogP contribution in [0.4, 0.5) is 0 Å². The number of aromatic nitrogens is 2. The molecule has 0 aliphatic rings. The Morgan fingerprint density at radius 1 is 1.12 bits per heavy atom. The third kappa shape index (κ3) is 5.34. The second-order valence-corrected chi connectivity index (χ2v) is 6.02. The predicted molar refractivity (Wildman–Crippen MR) is 104 cm³/mol. The van der Waals surface area contributed by atoms with E-state index in [0.29, 0.717) is 25.2 Å². The van der Waals surface area contributed by atoms with Crippen LogP contribution in [-0.2, 0) is 13.6 Å². The van der Waals surface area contributed by atoms with Crippen LogP contribution in [0.2, 0.25) is 0 Å². The van der Waals surface area contributed by atoms with E-state index in [1.807, 2.05) is 50.7 Å². The number of hydrogen-bond acceptors (Lipinski definition) is 3. The summed E-state index contributed by atoms with van der Waals surface area (Å²) >= 11 is 0. The molecule has 140 valence electrons. The number of aliphatic imine (C=N–C) groups is 1. The van der Waals surface area contributed by atoms with Crippen molar-refractivity contribution in [2.45, 2.75) is 27.3 Å². The monoisotopic (exact) mass is 356 g/mol. The molecule has 0 saturated heterocycles. The fourth-order valence-electron chi connectivity index (χ4n) is 2.59. The van der Waals surface area contributed by atoms with Crippen molar-refractivity contribution in [3.63, 3.8) is 0 Å². The summed E-state index contributed by atoms with van der Waals surface area (Å²) in [6, 6.07) is 9.19. The number of carbonyl (C=O) groups is 1. The number of rotatable bonds is 7. The van der Waals surface area contributed by atoms with Crippen molar-refractivity contribution in [2.24, 2.45) is 12.0 Å². The minimum absolute atomic E-state index is 0.0732. The standard InChI is InChI=1S/C19H28N6O/c1-5-20-19(23-13-17-14(2)24-25(4)15(17)3)22-12-11-21-18(26)16-9-7-6-8-10-16/h6-10H,5,11-13H2,1-4H3,(H,21,26)(H2,20,22,23). The van der Waals surface area contributed by atoms with Crippen LogP contribution >= 0.6 is 0 Å². The van der Waals surface area contributed by atoms with E-state index in [2.05, 4.69) is 26.0 Å². The quantitative estimate of drug-likeness (QED) is 0.399. The Labute approximate surface area is 154 Å². The first kappa shape index (κ1) is 19.5. The van der Waals surface area contributed by atoms with Crippen molar-refractivity contribution in [2.75, 3.05) is 19.6 Å². The van der Waals surface area contributed by atoms with Gasteiger partial charge in [-0.3, -0.25) is 9.48 Å². The number of nitrogens with zero attached hydrogens (tertiary/aromatic N) is 3. The van der Waals surface area contributed by atoms with Crippen LogP contribution in [0.25, 0.3) is 0 Å². The van der Waals surface area contributed by atoms with Crippen LogP contribution in [0, 0.1) is 13.8 Å². The molecule has 7 nitrogen and oxygen atoms in total. The maximum Gasteiger partial charge on any atom is 0.251 e. The SMILES string of the molecule is CCNC(=NCc1c(C)nn(C)c1C)NCCNC(=O)c1ccccc1. The van der Waals surface area contributed by atoms with Gasteiger partial charge in [0.15, 0.2) is 5.96 Å². The molecule has 0 atom stereocenters. The summed E-state index contributed by atoms with van der Waals surface area (Å²) in [6.07, 6.45) is 0. The molecule has 26 heavy (non-hydrogen) atoms. The van der Waals surface area contributed by atoms with Crippen LogP contribution in [0.1, 0.15) is 34.2 Å². The zero-order chi connectivity index (χ0) is 18.9. The summed E-state index contributed by atoms with van der Waals surface area (Å²) in [6.45, 7) is 8.51. The molecule has 1 heterocycles. The highest BCUT2D eigenvalue weighted by Crippen LogP contribution is 2.12. The molecule has 1 aromatic heterocycles. The highest BCUT2D eigenvalue weighted by molar-refractivity contribution is 5.94. The number of hydrogen-bond donors (Lipinski definition) is 3. The Kier molecular flexibility index (Phi) is 7.20. The minimum Gasteiger partial charge on any atom is -0.357 e. The topological polar surface area (TPSA) is 83.3 Å². The Balaban J connectivity index is 1.85. The Morgan fingerprint density at radius 2 is 1.81 bits per heavy atom. The van der Waals surface area contributed by atoms with Gasteiger partial charge in [-0.25, -0.2) is 4.99 Å². The molecule has 7 heteroatoms. The van der Waals surface area contributed by atoms with E-state index < -0.39 is 0 Å². The number of benzene rings is 1. The van der Waals surface area contributed by atoms with Crippen LogP contribution < -0.4 is 16.0 Å². The lowest BCUT2D eigenvalue weighted by Gasteiger charge is -2.12. The number of amides is 1. The molecule has 0 saturated carbocycles. The molecular formula is C19H28N6O. The third-order valence-electron chi connectivity index (χ3n) is 4.14. The second-order valence-electron chi connectivity index (χ2n) is 6.02. The number of nitrogens with one attached hydrogen (secondary N) is 3. The Hall–Kier alpha value is -2.83. The molecule has 0 aliphatic heterocycles. The van der Waals surface area contributed by atoms with Crippen molar-refractivity contribution in [3.05, 3.63) is 52.8 Å². The molecule has 0 fully saturated rings. The first-order valence-electron chi connectivity index (χ1n) is 8.87. The predicted octanol–water partition coefficient (Wildman–Crippen LogP) is 1.52. The Morgan fingerprint density at radius 3 is 2.42 bits per heavy atom. The zero-order valence-corrected chi connectivity index (χ0v) is 16.0. The van der Waals surface area contributed by atoms with Crippen molar-refractivity contribution < 1.29 is 4.79 Å². The summed E-state index contributed by atoms with van der Waals surface area (Å²) in [5, 5.41) is 13.8. The minimum atomic E-state index is -0.0732. The van der Waals surface area contributed by atoms with Gasteiger partial charge in [0.25, 0.3) is 5.91 Å². The van der Waals surface area contributed by atoms with Crippen molar-refractivity contribution >= 4 is 11.9 Å². The lowest BCUT2D eigenvalue weighted by molar-refractivity contribution is 0.0954. The maximum absolute atomic E-state index is 12.0. The number of aryl methyl sites for hydroxylation is 2. The summed E-state index contributed by atoms with van der Waals surface area (Å²) in [4.78, 5) is 16.6. The zero-order valence-electron chi connectivity index (χ0n) is 16.0. The second kappa shape index (κ2) is 9.60. The first-order valence-corrected chi connectivity index (χ1v) is 8.87. The van der Waals surface area contributed by atoms with E-state index in [1.54, 1.807) is 12.1 Å². The van der Waals surface area contributed by atoms with Crippen LogP contribution in [0.15, 0.2) is 35.3 Å². The summed E-state index contributed by atoms with van der Waals surface area (Å²) < 4.78 is 1.87. The lowest BCUT2D eigenvalue weighted by Crippen LogP contribution is -2.41. The highest BCUT2D eigenvalue weighted by Gasteiger charge is 2.09. The van der Waals surface area contributed by atoms with Crippen molar-refractivity contribution in [1.82, 2.24) is 25.7 Å². The molecule has 0 bridgehead atoms. The molecule has 0 spiro atoms. The fraction of sp³-hybridized carbons (Fsp3) is 0.421. The van der Waals surface area contributed by atoms with Crippen LogP contribution in [-0.4, -0.2) is 41.3 Å². The molecule has 1 amide bonds. The third-order valence-corrected chi connectivity index (χ3v) is 4.14. The van der Waals surface area contributed by atoms with Gasteiger partial charge in [0.2, 0.25) is 0 Å². The van der Waals surface area contributed by atoms with E-state index in [0.717, 1.165) is 29.5 Å². The molecule has 0 aliphatic carbocycles. The van der Waals surface area contributed by atoms with Crippen molar-refractivity contribution in [3.8, 4) is 0 Å². The van der Waals surface area contributed by atoms with E-state index in [9.17, 15) is 4.79 Å². The van der Waals surface area contributed by atoms with Gasteiger partial charge in [-0.2, -0.15) is 5.10 Å². The van der Waals surface area contributed by atoms with Crippen LogP contribution in [0.3, 0.4) is 0 Å². The first-order chi connectivity index (χ1) is 12.5. The molecule has 1 aromatic carbocycles. The average Bonchev–Trinajstić information content (AvgIpc) is 2.89. The van der Waals surface area contributed by atoms with Crippen LogP contribution in [0.5, 0.6) is 0 Å². The van der Waals surface area contributed by atoms with Gasteiger partial charge in [0, 0.05) is 43.5 Å². The highest BCUT2D eigenvalue weighted by atomic mass is 16.1. The molecule has 0 unspecified atom stereocenters. The van der Waals surface area contributed by atoms with E-state index in [4.69, 9.17) is 0 Å². The number of carbonyl (C=O) groups excluding carboxylic acids is 1. The summed E-state index contributed by atoms with van der Waals surface area (Å²) in [5.74, 6) is 0.653. The maximum atomic E-state index is 12.0. The summed E-state index contributed by atoms with van der Waals surface area (Å²) in [7, 11) is 1.94. The van der Waals surface area contributed by atoms with E-state index in [-0.39, 0.29) is 5.91 Å². The fourth-order valence-corrected chi connectivity index (χ4v) is 2.59. The normalized spacial score (nSPS) is 11.3. The van der Waals surface area contributed by atoms with Gasteiger partial charge in [-0.15, -0.1) is 0 Å². The molecule has 3 N–H and O–H groups in total. The van der Waals surface area contributed by atoms with E-state index in [1.165, 1.54) is 0 Å². The smallest absolute Gasteiger partial charge is 0.251 e. The lowest BCUT2D eigenvalue weighted by atomic mass is 10.2. The van der Waals surface area contributed by atoms with Gasteiger partial charge in [-0.1, -0.05) is 18.2 Å². The molecule has 2 aromatic rings. The Bertz CT molecular complexity index is 751. The van der Waals surface area contributed by atoms with Gasteiger partial charge in [0.05, 0.1) is 12.2 Å². The molecule has 2 rings (SSSR count).